The average molecular weight is 264 g/mol. The van der Waals surface area contributed by atoms with Gasteiger partial charge in [0.25, 0.3) is 5.95 Å². The van der Waals surface area contributed by atoms with Gasteiger partial charge in [-0.3, -0.25) is 0 Å². The Bertz CT molecular complexity index is 674. The first-order valence-corrected chi connectivity index (χ1v) is 5.23. The minimum atomic E-state index is 0.0495. The molecule has 3 rings (SSSR count). The van der Waals surface area contributed by atoms with E-state index in [4.69, 9.17) is 11.6 Å². The molecule has 3 heterocycles. The molecule has 0 aliphatic carbocycles. The highest BCUT2D eigenvalue weighted by Gasteiger charge is 2.13. The average Bonchev–Trinajstić information content (AvgIpc) is 2.98. The molecule has 0 N–H and O–H groups in total. The molecule has 0 radical (unpaired) electrons. The minimum Gasteiger partial charge on any atom is -0.246 e. The lowest BCUT2D eigenvalue weighted by atomic mass is 10.5. The molecule has 0 aliphatic heterocycles. The van der Waals surface area contributed by atoms with Crippen molar-refractivity contribution >= 4 is 11.6 Å². The van der Waals surface area contributed by atoms with Gasteiger partial charge >= 0.3 is 0 Å². The number of halogens is 1. The Labute approximate surface area is 106 Å². The van der Waals surface area contributed by atoms with Gasteiger partial charge in [-0.15, -0.1) is 0 Å². The molecule has 0 bridgehead atoms. The van der Waals surface area contributed by atoms with Crippen molar-refractivity contribution in [2.24, 2.45) is 7.05 Å². The Morgan fingerprint density at radius 1 is 1.11 bits per heavy atom. The van der Waals surface area contributed by atoms with Gasteiger partial charge in [0.05, 0.1) is 0 Å². The molecule has 90 valence electrons. The fraction of sp³-hybridized carbons (Fsp3) is 0.125. The van der Waals surface area contributed by atoms with Crippen LogP contribution in [0.5, 0.6) is 0 Å². The summed E-state index contributed by atoms with van der Waals surface area (Å²) in [5, 5.41) is 7.92. The van der Waals surface area contributed by atoms with Crippen LogP contribution in [0.3, 0.4) is 0 Å². The Kier molecular flexibility index (Phi) is 2.45. The van der Waals surface area contributed by atoms with Crippen LogP contribution in [0.25, 0.3) is 17.6 Å². The van der Waals surface area contributed by atoms with E-state index < -0.39 is 0 Å². The number of hydrogen-bond donors (Lipinski definition) is 0. The van der Waals surface area contributed by atoms with Gasteiger partial charge in [-0.1, -0.05) is 0 Å². The molecule has 0 atom stereocenters. The number of nitrogens with zero attached hydrogens (tertiary/aromatic N) is 9. The zero-order valence-corrected chi connectivity index (χ0v) is 9.89. The quantitative estimate of drug-likeness (QED) is 0.636. The van der Waals surface area contributed by atoms with E-state index in [0.717, 1.165) is 0 Å². The Morgan fingerprint density at radius 2 is 2.00 bits per heavy atom. The number of hydrogen-bond acceptors (Lipinski definition) is 7. The van der Waals surface area contributed by atoms with Crippen LogP contribution >= 0.6 is 11.6 Å². The maximum absolute atomic E-state index is 5.85. The van der Waals surface area contributed by atoms with Gasteiger partial charge in [0.1, 0.15) is 19.0 Å². The van der Waals surface area contributed by atoms with Crippen molar-refractivity contribution in [3.8, 4) is 17.6 Å². The fourth-order valence-corrected chi connectivity index (χ4v) is 1.51. The van der Waals surface area contributed by atoms with Crippen molar-refractivity contribution in [1.82, 2.24) is 44.5 Å². The smallest absolute Gasteiger partial charge is 0.246 e. The van der Waals surface area contributed by atoms with E-state index in [9.17, 15) is 0 Å². The monoisotopic (exact) mass is 263 g/mol. The van der Waals surface area contributed by atoms with Crippen molar-refractivity contribution in [2.45, 2.75) is 0 Å². The molecule has 0 spiro atoms. The van der Waals surface area contributed by atoms with Crippen LogP contribution in [0.4, 0.5) is 0 Å². The van der Waals surface area contributed by atoms with Crippen molar-refractivity contribution in [1.29, 1.82) is 0 Å². The normalized spacial score (nSPS) is 10.8. The van der Waals surface area contributed by atoms with Crippen molar-refractivity contribution in [3.05, 3.63) is 24.3 Å². The largest absolute Gasteiger partial charge is 0.257 e. The van der Waals surface area contributed by atoms with E-state index in [2.05, 4.69) is 35.1 Å². The van der Waals surface area contributed by atoms with Crippen LogP contribution in [0, 0.1) is 0 Å². The first-order chi connectivity index (χ1) is 8.74. The van der Waals surface area contributed by atoms with Crippen LogP contribution in [-0.2, 0) is 7.05 Å². The third kappa shape index (κ3) is 1.80. The van der Waals surface area contributed by atoms with Crippen LogP contribution in [0.15, 0.2) is 19.0 Å². The van der Waals surface area contributed by atoms with Crippen LogP contribution in [0.1, 0.15) is 0 Å². The van der Waals surface area contributed by atoms with Crippen LogP contribution in [0.2, 0.25) is 5.28 Å². The first-order valence-electron chi connectivity index (χ1n) is 4.85. The van der Waals surface area contributed by atoms with Gasteiger partial charge in [-0.2, -0.15) is 29.8 Å². The number of aromatic nitrogens is 9. The van der Waals surface area contributed by atoms with Crippen LogP contribution in [-0.4, -0.2) is 44.5 Å². The Hall–Kier alpha value is -2.42. The van der Waals surface area contributed by atoms with Gasteiger partial charge in [0.15, 0.2) is 5.82 Å². The molecule has 0 amide bonds. The lowest BCUT2D eigenvalue weighted by molar-refractivity contribution is 0.756. The summed E-state index contributed by atoms with van der Waals surface area (Å²) in [6.45, 7) is 0. The second kappa shape index (κ2) is 4.11. The van der Waals surface area contributed by atoms with Crippen molar-refractivity contribution < 1.29 is 0 Å². The van der Waals surface area contributed by atoms with Crippen molar-refractivity contribution in [2.75, 3.05) is 0 Å². The lowest BCUT2D eigenvalue weighted by Gasteiger charge is -2.02. The standard InChI is InChI=1S/C8H6ClN9/c1-17-6(11-3-12-17)5-14-7(9)16-8(15-5)18-4-10-2-13-18/h2-4H,1H3. The summed E-state index contributed by atoms with van der Waals surface area (Å²) in [5.74, 6) is 1.08. The Morgan fingerprint density at radius 3 is 2.67 bits per heavy atom. The first kappa shape index (κ1) is 10.7. The van der Waals surface area contributed by atoms with Gasteiger partial charge in [0.2, 0.25) is 11.1 Å². The summed E-state index contributed by atoms with van der Waals surface area (Å²) in [4.78, 5) is 20.0. The molecule has 0 aliphatic rings. The third-order valence-electron chi connectivity index (χ3n) is 2.13. The predicted octanol–water partition coefficient (Wildman–Crippen LogP) is -0.0988. The number of aryl methyl sites for hydroxylation is 1. The molecular weight excluding hydrogens is 258 g/mol. The summed E-state index contributed by atoms with van der Waals surface area (Å²) < 4.78 is 2.92. The van der Waals surface area contributed by atoms with E-state index in [1.807, 2.05) is 0 Å². The molecule has 3 aromatic heterocycles. The maximum Gasteiger partial charge on any atom is 0.257 e. The zero-order chi connectivity index (χ0) is 12.5. The lowest BCUT2D eigenvalue weighted by Crippen LogP contribution is -2.07. The van der Waals surface area contributed by atoms with E-state index in [-0.39, 0.29) is 11.2 Å². The summed E-state index contributed by atoms with van der Waals surface area (Å²) >= 11 is 5.85. The van der Waals surface area contributed by atoms with Gasteiger partial charge in [0, 0.05) is 7.05 Å². The summed E-state index contributed by atoms with van der Waals surface area (Å²) in [7, 11) is 1.73. The minimum absolute atomic E-state index is 0.0495. The molecule has 0 saturated heterocycles. The maximum atomic E-state index is 5.85. The molecule has 9 nitrogen and oxygen atoms in total. The van der Waals surface area contributed by atoms with E-state index in [1.54, 1.807) is 7.05 Å². The van der Waals surface area contributed by atoms with Crippen LogP contribution < -0.4 is 0 Å². The second-order valence-electron chi connectivity index (χ2n) is 3.28. The Balaban J connectivity index is 2.15. The summed E-state index contributed by atoms with van der Waals surface area (Å²) in [6, 6.07) is 0. The summed E-state index contributed by atoms with van der Waals surface area (Å²) in [5.41, 5.74) is 0. The number of rotatable bonds is 2. The highest BCUT2D eigenvalue weighted by molar-refractivity contribution is 6.28. The third-order valence-corrected chi connectivity index (χ3v) is 2.30. The summed E-state index contributed by atoms with van der Waals surface area (Å²) in [6.07, 6.45) is 4.24. The molecule has 0 unspecified atom stereocenters. The molecule has 0 saturated carbocycles. The zero-order valence-electron chi connectivity index (χ0n) is 9.13. The molecule has 18 heavy (non-hydrogen) atoms. The molecule has 0 aromatic carbocycles. The van der Waals surface area contributed by atoms with Gasteiger partial charge in [-0.25, -0.2) is 14.6 Å². The second-order valence-corrected chi connectivity index (χ2v) is 3.61. The SMILES string of the molecule is Cn1ncnc1-c1nc(Cl)nc(-n2cncn2)n1. The molecular formula is C8H6ClN9. The van der Waals surface area contributed by atoms with E-state index >= 15 is 0 Å². The molecule has 0 fully saturated rings. The van der Waals surface area contributed by atoms with E-state index in [1.165, 1.54) is 28.3 Å². The van der Waals surface area contributed by atoms with Gasteiger partial charge in [-0.05, 0) is 11.6 Å². The highest BCUT2D eigenvalue weighted by atomic mass is 35.5. The molecule has 10 heteroatoms. The highest BCUT2D eigenvalue weighted by Crippen LogP contribution is 2.13. The van der Waals surface area contributed by atoms with E-state index in [0.29, 0.717) is 11.6 Å². The fourth-order valence-electron chi connectivity index (χ4n) is 1.35. The topological polar surface area (TPSA) is 100 Å². The predicted molar refractivity (Wildman–Crippen MR) is 59.8 cm³/mol. The van der Waals surface area contributed by atoms with Gasteiger partial charge < -0.3 is 0 Å². The molecule has 3 aromatic rings. The van der Waals surface area contributed by atoms with Crippen molar-refractivity contribution in [3.63, 3.8) is 0 Å².